The van der Waals surface area contributed by atoms with E-state index >= 15 is 0 Å². The van der Waals surface area contributed by atoms with Crippen molar-refractivity contribution < 1.29 is 24.0 Å². The van der Waals surface area contributed by atoms with Gasteiger partial charge < -0.3 is 14.8 Å². The molecule has 0 atom stereocenters. The normalized spacial score (nSPS) is 9.88. The first-order valence-electron chi connectivity index (χ1n) is 6.85. The van der Waals surface area contributed by atoms with Crippen molar-refractivity contribution in [3.05, 3.63) is 64.2 Å². The van der Waals surface area contributed by atoms with Gasteiger partial charge >= 0.3 is 5.97 Å². The quantitative estimate of drug-likeness (QED) is 0.495. The van der Waals surface area contributed by atoms with Crippen LogP contribution in [0.25, 0.3) is 0 Å². The monoisotopic (exact) mass is 330 g/mol. The van der Waals surface area contributed by atoms with Gasteiger partial charge in [-0.2, -0.15) is 0 Å². The molecule has 0 aliphatic carbocycles. The van der Waals surface area contributed by atoms with Crippen LogP contribution in [-0.4, -0.2) is 30.5 Å². The maximum absolute atomic E-state index is 11.8. The first kappa shape index (κ1) is 16.9. The largest absolute Gasteiger partial charge is 0.497 e. The Bertz CT molecular complexity index is 757. The number of rotatable bonds is 6. The molecule has 0 bridgehead atoms. The van der Waals surface area contributed by atoms with Crippen molar-refractivity contribution in [2.45, 2.75) is 0 Å². The fourth-order valence-electron chi connectivity index (χ4n) is 1.83. The predicted molar refractivity (Wildman–Crippen MR) is 85.0 cm³/mol. The number of hydrogen-bond acceptors (Lipinski definition) is 6. The Balaban J connectivity index is 1.88. The van der Waals surface area contributed by atoms with Crippen molar-refractivity contribution in [2.75, 3.05) is 19.0 Å². The van der Waals surface area contributed by atoms with Gasteiger partial charge in [0.25, 0.3) is 11.6 Å². The Hall–Kier alpha value is -3.42. The lowest BCUT2D eigenvalue weighted by Crippen LogP contribution is -2.20. The van der Waals surface area contributed by atoms with Gasteiger partial charge in [-0.3, -0.25) is 14.9 Å². The highest BCUT2D eigenvalue weighted by Crippen LogP contribution is 2.16. The Morgan fingerprint density at radius 2 is 1.88 bits per heavy atom. The van der Waals surface area contributed by atoms with Gasteiger partial charge in [-0.05, 0) is 24.3 Å². The van der Waals surface area contributed by atoms with E-state index in [1.807, 2.05) is 0 Å². The smallest absolute Gasteiger partial charge is 0.338 e. The van der Waals surface area contributed by atoms with Gasteiger partial charge in [0.05, 0.1) is 17.6 Å². The number of amides is 1. The van der Waals surface area contributed by atoms with Crippen molar-refractivity contribution in [3.8, 4) is 5.75 Å². The van der Waals surface area contributed by atoms with E-state index in [0.717, 1.165) is 0 Å². The molecular formula is C16H14N2O6. The molecule has 0 aromatic heterocycles. The number of hydrogen-bond donors (Lipinski definition) is 1. The molecule has 1 amide bonds. The molecule has 24 heavy (non-hydrogen) atoms. The maximum Gasteiger partial charge on any atom is 0.338 e. The first-order chi connectivity index (χ1) is 11.5. The molecule has 2 aromatic carbocycles. The summed E-state index contributed by atoms with van der Waals surface area (Å²) in [5, 5.41) is 13.1. The minimum atomic E-state index is -0.745. The van der Waals surface area contributed by atoms with Gasteiger partial charge in [0.2, 0.25) is 0 Å². The highest BCUT2D eigenvalue weighted by Gasteiger charge is 2.12. The van der Waals surface area contributed by atoms with Gasteiger partial charge in [-0.25, -0.2) is 4.79 Å². The van der Waals surface area contributed by atoms with Crippen LogP contribution in [0.5, 0.6) is 5.75 Å². The number of esters is 1. The first-order valence-corrected chi connectivity index (χ1v) is 6.85. The van der Waals surface area contributed by atoms with E-state index in [1.165, 1.54) is 31.4 Å². The van der Waals surface area contributed by atoms with E-state index in [1.54, 1.807) is 24.3 Å². The van der Waals surface area contributed by atoms with Gasteiger partial charge in [0.15, 0.2) is 6.61 Å². The van der Waals surface area contributed by atoms with Crippen LogP contribution in [0, 0.1) is 10.1 Å². The zero-order valence-corrected chi connectivity index (χ0v) is 12.7. The summed E-state index contributed by atoms with van der Waals surface area (Å²) in [7, 11) is 1.51. The van der Waals surface area contributed by atoms with E-state index < -0.39 is 23.4 Å². The average molecular weight is 330 g/mol. The average Bonchev–Trinajstić information content (AvgIpc) is 2.60. The lowest BCUT2D eigenvalue weighted by Gasteiger charge is -2.08. The molecule has 0 saturated heterocycles. The number of non-ortho nitro benzene ring substituents is 1. The Labute approximate surface area is 137 Å². The highest BCUT2D eigenvalue weighted by molar-refractivity contribution is 5.95. The summed E-state index contributed by atoms with van der Waals surface area (Å²) in [5.74, 6) is -0.681. The van der Waals surface area contributed by atoms with E-state index in [0.29, 0.717) is 11.4 Å². The third kappa shape index (κ3) is 4.54. The summed E-state index contributed by atoms with van der Waals surface area (Å²) in [6.07, 6.45) is 0. The molecule has 0 fully saturated rings. The number of benzene rings is 2. The van der Waals surface area contributed by atoms with Crippen LogP contribution in [0.2, 0.25) is 0 Å². The molecule has 0 heterocycles. The lowest BCUT2D eigenvalue weighted by molar-refractivity contribution is -0.384. The van der Waals surface area contributed by atoms with Crippen LogP contribution in [0.4, 0.5) is 11.4 Å². The van der Waals surface area contributed by atoms with Gasteiger partial charge in [-0.1, -0.05) is 6.07 Å². The molecule has 8 heteroatoms. The summed E-state index contributed by atoms with van der Waals surface area (Å²) in [5.41, 5.74) is 0.489. The number of methoxy groups -OCH3 is 1. The molecule has 0 unspecified atom stereocenters. The predicted octanol–water partition coefficient (Wildman–Crippen LogP) is 2.40. The molecule has 0 spiro atoms. The number of nitro groups is 1. The van der Waals surface area contributed by atoms with E-state index in [2.05, 4.69) is 5.32 Å². The summed E-state index contributed by atoms with van der Waals surface area (Å²) in [6.45, 7) is -0.479. The molecule has 2 aromatic rings. The van der Waals surface area contributed by atoms with Crippen LogP contribution in [-0.2, 0) is 9.53 Å². The number of ether oxygens (including phenoxy) is 2. The molecule has 0 aliphatic heterocycles. The molecule has 0 radical (unpaired) electrons. The second kappa shape index (κ2) is 7.73. The molecule has 0 aliphatic rings. The van der Waals surface area contributed by atoms with Crippen LogP contribution in [0.3, 0.4) is 0 Å². The van der Waals surface area contributed by atoms with Crippen LogP contribution < -0.4 is 10.1 Å². The fraction of sp³-hybridized carbons (Fsp3) is 0.125. The number of nitrogens with one attached hydrogen (secondary N) is 1. The maximum atomic E-state index is 11.8. The SMILES string of the molecule is COc1cccc(NC(=O)COC(=O)c2ccc([N+](=O)[O-])cc2)c1. The number of carbonyl (C=O) groups excluding carboxylic acids is 2. The van der Waals surface area contributed by atoms with E-state index in [4.69, 9.17) is 9.47 Å². The topological polar surface area (TPSA) is 108 Å². The minimum absolute atomic E-state index is 0.120. The Kier molecular flexibility index (Phi) is 5.45. The van der Waals surface area contributed by atoms with Crippen LogP contribution in [0.15, 0.2) is 48.5 Å². The van der Waals surface area contributed by atoms with Crippen molar-refractivity contribution in [3.63, 3.8) is 0 Å². The van der Waals surface area contributed by atoms with Gasteiger partial charge in [0, 0.05) is 23.9 Å². The van der Waals surface area contributed by atoms with Gasteiger partial charge in [-0.15, -0.1) is 0 Å². The van der Waals surface area contributed by atoms with Crippen molar-refractivity contribution in [1.29, 1.82) is 0 Å². The van der Waals surface area contributed by atoms with Crippen LogP contribution >= 0.6 is 0 Å². The van der Waals surface area contributed by atoms with E-state index in [-0.39, 0.29) is 11.3 Å². The number of carbonyl (C=O) groups is 2. The van der Waals surface area contributed by atoms with Gasteiger partial charge in [0.1, 0.15) is 5.75 Å². The molecule has 124 valence electrons. The second-order valence-corrected chi connectivity index (χ2v) is 4.66. The summed E-state index contributed by atoms with van der Waals surface area (Å²) in [4.78, 5) is 33.5. The number of anilines is 1. The molecule has 8 nitrogen and oxygen atoms in total. The van der Waals surface area contributed by atoms with Crippen molar-refractivity contribution in [1.82, 2.24) is 0 Å². The summed E-state index contributed by atoms with van der Waals surface area (Å²) in [6, 6.07) is 11.6. The minimum Gasteiger partial charge on any atom is -0.497 e. The molecular weight excluding hydrogens is 316 g/mol. The second-order valence-electron chi connectivity index (χ2n) is 4.66. The van der Waals surface area contributed by atoms with Crippen LogP contribution in [0.1, 0.15) is 10.4 Å². The third-order valence-corrected chi connectivity index (χ3v) is 3.00. The summed E-state index contributed by atoms with van der Waals surface area (Å²) < 4.78 is 9.90. The lowest BCUT2D eigenvalue weighted by atomic mass is 10.2. The number of nitro benzene ring substituents is 1. The number of nitrogens with zero attached hydrogens (tertiary/aromatic N) is 1. The molecule has 0 saturated carbocycles. The third-order valence-electron chi connectivity index (χ3n) is 3.00. The van der Waals surface area contributed by atoms with E-state index in [9.17, 15) is 19.7 Å². The molecule has 2 rings (SSSR count). The van der Waals surface area contributed by atoms with Crippen molar-refractivity contribution >= 4 is 23.3 Å². The fourth-order valence-corrected chi connectivity index (χ4v) is 1.83. The highest BCUT2D eigenvalue weighted by atomic mass is 16.6. The standard InChI is InChI=1S/C16H14N2O6/c1-23-14-4-2-3-12(9-14)17-15(19)10-24-16(20)11-5-7-13(8-6-11)18(21)22/h2-9H,10H2,1H3,(H,17,19). The summed E-state index contributed by atoms with van der Waals surface area (Å²) >= 11 is 0. The Morgan fingerprint density at radius 1 is 1.17 bits per heavy atom. The van der Waals surface area contributed by atoms with Crippen molar-refractivity contribution in [2.24, 2.45) is 0 Å². The zero-order chi connectivity index (χ0) is 17.5. The molecule has 1 N–H and O–H groups in total. The Morgan fingerprint density at radius 3 is 2.50 bits per heavy atom. The zero-order valence-electron chi connectivity index (χ0n) is 12.7.